The van der Waals surface area contributed by atoms with Gasteiger partial charge in [-0.2, -0.15) is 0 Å². The Balaban J connectivity index is 2.64. The molecule has 1 saturated carbocycles. The summed E-state index contributed by atoms with van der Waals surface area (Å²) in [5.74, 6) is 0. The molecule has 0 spiro atoms. The van der Waals surface area contributed by atoms with Gasteiger partial charge in [-0.15, -0.1) is 0 Å². The number of amides is 1. The Morgan fingerprint density at radius 3 is 2.47 bits per heavy atom. The number of hydrogen-bond acceptors (Lipinski definition) is 2. The molecule has 2 atom stereocenters. The fourth-order valence-electron chi connectivity index (χ4n) is 3.34. The van der Waals surface area contributed by atoms with Gasteiger partial charge in [0.15, 0.2) is 0 Å². The van der Waals surface area contributed by atoms with Gasteiger partial charge >= 0.3 is 6.09 Å². The summed E-state index contributed by atoms with van der Waals surface area (Å²) in [7, 11) is 0. The molecule has 0 aliphatic heterocycles. The van der Waals surface area contributed by atoms with Crippen molar-refractivity contribution in [1.29, 1.82) is 0 Å². The molecule has 0 aromatic rings. The zero-order valence-electron chi connectivity index (χ0n) is 11.9. The molecule has 3 heteroatoms. The van der Waals surface area contributed by atoms with Gasteiger partial charge in [0, 0.05) is 6.04 Å². The van der Waals surface area contributed by atoms with E-state index >= 15 is 0 Å². The van der Waals surface area contributed by atoms with E-state index in [-0.39, 0.29) is 12.1 Å². The number of alkyl carbamates (subject to hydrolysis) is 1. The zero-order valence-corrected chi connectivity index (χ0v) is 11.9. The van der Waals surface area contributed by atoms with E-state index in [2.05, 4.69) is 33.0 Å². The largest absolute Gasteiger partial charge is 0.450 e. The van der Waals surface area contributed by atoms with Crippen molar-refractivity contribution < 1.29 is 9.53 Å². The molecule has 2 unspecified atom stereocenters. The van der Waals surface area contributed by atoms with Gasteiger partial charge in [0.2, 0.25) is 0 Å². The quantitative estimate of drug-likeness (QED) is 0.817. The average Bonchev–Trinajstić information content (AvgIpc) is 2.14. The SMILES string of the molecule is CCOC(=O)NC1CC(C)(C)CC(C)(CC)C1. The van der Waals surface area contributed by atoms with Crippen LogP contribution in [0.4, 0.5) is 4.79 Å². The van der Waals surface area contributed by atoms with Crippen LogP contribution in [0.25, 0.3) is 0 Å². The molecule has 1 N–H and O–H groups in total. The van der Waals surface area contributed by atoms with Crippen LogP contribution in [-0.4, -0.2) is 18.7 Å². The Kier molecular flexibility index (Phi) is 4.45. The highest BCUT2D eigenvalue weighted by atomic mass is 16.5. The van der Waals surface area contributed by atoms with Gasteiger partial charge in [-0.25, -0.2) is 4.79 Å². The van der Waals surface area contributed by atoms with E-state index < -0.39 is 0 Å². The highest BCUT2D eigenvalue weighted by Gasteiger charge is 2.40. The molecule has 0 bridgehead atoms. The van der Waals surface area contributed by atoms with Crippen LogP contribution in [0, 0.1) is 10.8 Å². The van der Waals surface area contributed by atoms with E-state index in [9.17, 15) is 4.79 Å². The van der Waals surface area contributed by atoms with Gasteiger partial charge in [-0.05, 0) is 37.0 Å². The molecule has 3 nitrogen and oxygen atoms in total. The lowest BCUT2D eigenvalue weighted by Gasteiger charge is -2.46. The van der Waals surface area contributed by atoms with Gasteiger partial charge in [-0.3, -0.25) is 0 Å². The van der Waals surface area contributed by atoms with Crippen LogP contribution in [0.15, 0.2) is 0 Å². The molecule has 100 valence electrons. The first kappa shape index (κ1) is 14.3. The Bertz CT molecular complexity index is 275. The molecular weight excluding hydrogens is 214 g/mol. The van der Waals surface area contributed by atoms with E-state index in [1.807, 2.05) is 6.92 Å². The Morgan fingerprint density at radius 2 is 1.94 bits per heavy atom. The van der Waals surface area contributed by atoms with E-state index in [1.54, 1.807) is 0 Å². The third kappa shape index (κ3) is 4.21. The number of hydrogen-bond donors (Lipinski definition) is 1. The first-order valence-corrected chi connectivity index (χ1v) is 6.73. The molecule has 1 fully saturated rings. The molecule has 0 radical (unpaired) electrons. The van der Waals surface area contributed by atoms with Crippen molar-refractivity contribution in [1.82, 2.24) is 5.32 Å². The fraction of sp³-hybridized carbons (Fsp3) is 0.929. The van der Waals surface area contributed by atoms with Crippen LogP contribution in [-0.2, 0) is 4.74 Å². The Labute approximate surface area is 105 Å². The van der Waals surface area contributed by atoms with E-state index in [1.165, 1.54) is 6.42 Å². The van der Waals surface area contributed by atoms with Crippen molar-refractivity contribution in [3.63, 3.8) is 0 Å². The molecule has 17 heavy (non-hydrogen) atoms. The third-order valence-electron chi connectivity index (χ3n) is 3.89. The van der Waals surface area contributed by atoms with Crippen molar-refractivity contribution >= 4 is 6.09 Å². The number of carbonyl (C=O) groups is 1. The molecule has 0 aromatic carbocycles. The minimum absolute atomic E-state index is 0.253. The Morgan fingerprint density at radius 1 is 1.29 bits per heavy atom. The second kappa shape index (κ2) is 5.28. The maximum atomic E-state index is 11.5. The monoisotopic (exact) mass is 241 g/mol. The summed E-state index contributed by atoms with van der Waals surface area (Å²) in [5, 5.41) is 3.00. The van der Waals surface area contributed by atoms with Crippen LogP contribution in [0.3, 0.4) is 0 Å². The van der Waals surface area contributed by atoms with Gasteiger partial charge in [0.05, 0.1) is 6.61 Å². The van der Waals surface area contributed by atoms with Crippen LogP contribution in [0.5, 0.6) is 0 Å². The lowest BCUT2D eigenvalue weighted by molar-refractivity contribution is 0.0636. The predicted octanol–water partition coefficient (Wildman–Crippen LogP) is 3.73. The molecule has 0 aromatic heterocycles. The first-order chi connectivity index (χ1) is 7.80. The van der Waals surface area contributed by atoms with Gasteiger partial charge in [0.25, 0.3) is 0 Å². The lowest BCUT2D eigenvalue weighted by Crippen LogP contribution is -2.46. The minimum Gasteiger partial charge on any atom is -0.450 e. The molecule has 1 aliphatic rings. The smallest absolute Gasteiger partial charge is 0.407 e. The summed E-state index contributed by atoms with van der Waals surface area (Å²) < 4.78 is 4.96. The summed E-state index contributed by atoms with van der Waals surface area (Å²) in [4.78, 5) is 11.5. The second-order valence-electron chi connectivity index (χ2n) is 6.48. The Hall–Kier alpha value is -0.730. The number of rotatable bonds is 3. The summed E-state index contributed by atoms with van der Waals surface area (Å²) in [6.45, 7) is 11.4. The van der Waals surface area contributed by atoms with Gasteiger partial charge < -0.3 is 10.1 Å². The van der Waals surface area contributed by atoms with E-state index in [0.717, 1.165) is 19.3 Å². The number of nitrogens with one attached hydrogen (secondary N) is 1. The van der Waals surface area contributed by atoms with Crippen LogP contribution in [0.1, 0.15) is 60.3 Å². The van der Waals surface area contributed by atoms with Crippen LogP contribution >= 0.6 is 0 Å². The molecule has 1 rings (SSSR count). The molecule has 1 amide bonds. The molecular formula is C14H27NO2. The molecule has 0 heterocycles. The van der Waals surface area contributed by atoms with Crippen molar-refractivity contribution in [2.45, 2.75) is 66.3 Å². The summed E-state index contributed by atoms with van der Waals surface area (Å²) >= 11 is 0. The van der Waals surface area contributed by atoms with Crippen molar-refractivity contribution in [2.75, 3.05) is 6.61 Å². The fourth-order valence-corrected chi connectivity index (χ4v) is 3.34. The topological polar surface area (TPSA) is 38.3 Å². The van der Waals surface area contributed by atoms with E-state index in [0.29, 0.717) is 17.4 Å². The maximum absolute atomic E-state index is 11.5. The average molecular weight is 241 g/mol. The molecule has 0 saturated heterocycles. The highest BCUT2D eigenvalue weighted by Crippen LogP contribution is 2.47. The minimum atomic E-state index is -0.270. The van der Waals surface area contributed by atoms with Gasteiger partial charge in [0.1, 0.15) is 0 Å². The van der Waals surface area contributed by atoms with Crippen LogP contribution in [0.2, 0.25) is 0 Å². The highest BCUT2D eigenvalue weighted by molar-refractivity contribution is 5.67. The first-order valence-electron chi connectivity index (χ1n) is 6.73. The summed E-state index contributed by atoms with van der Waals surface area (Å²) in [6.07, 6.45) is 4.23. The lowest BCUT2D eigenvalue weighted by atomic mass is 9.62. The summed E-state index contributed by atoms with van der Waals surface area (Å²) in [6, 6.07) is 0.253. The second-order valence-corrected chi connectivity index (χ2v) is 6.48. The predicted molar refractivity (Wildman–Crippen MR) is 70.0 cm³/mol. The van der Waals surface area contributed by atoms with E-state index in [4.69, 9.17) is 4.74 Å². The van der Waals surface area contributed by atoms with Crippen molar-refractivity contribution in [3.8, 4) is 0 Å². The van der Waals surface area contributed by atoms with Crippen molar-refractivity contribution in [2.24, 2.45) is 10.8 Å². The third-order valence-corrected chi connectivity index (χ3v) is 3.89. The molecule has 1 aliphatic carbocycles. The standard InChI is InChI=1S/C14H27NO2/c1-6-14(5)9-11(8-13(3,4)10-14)15-12(16)17-7-2/h11H,6-10H2,1-5H3,(H,15,16). The van der Waals surface area contributed by atoms with Crippen molar-refractivity contribution in [3.05, 3.63) is 0 Å². The normalized spacial score (nSPS) is 31.9. The van der Waals surface area contributed by atoms with Gasteiger partial charge in [-0.1, -0.05) is 34.1 Å². The maximum Gasteiger partial charge on any atom is 0.407 e. The van der Waals surface area contributed by atoms with Crippen LogP contribution < -0.4 is 5.32 Å². The number of carbonyl (C=O) groups excluding carboxylic acids is 1. The zero-order chi connectivity index (χ0) is 13.1. The summed E-state index contributed by atoms with van der Waals surface area (Å²) in [5.41, 5.74) is 0.638. The number of ether oxygens (including phenoxy) is 1.